The zero-order valence-corrected chi connectivity index (χ0v) is 11.0. The molecule has 2 heterocycles. The Morgan fingerprint density at radius 2 is 2.37 bits per heavy atom. The molecule has 6 heteroatoms. The summed E-state index contributed by atoms with van der Waals surface area (Å²) in [6, 6.07) is 3.65. The van der Waals surface area contributed by atoms with E-state index in [2.05, 4.69) is 15.4 Å². The highest BCUT2D eigenvalue weighted by molar-refractivity contribution is 5.93. The average molecular weight is 260 g/mol. The van der Waals surface area contributed by atoms with Crippen LogP contribution in [0, 0.1) is 0 Å². The molecule has 0 saturated heterocycles. The van der Waals surface area contributed by atoms with E-state index in [0.717, 1.165) is 5.56 Å². The minimum atomic E-state index is -0.150. The van der Waals surface area contributed by atoms with Gasteiger partial charge in [-0.25, -0.2) is 4.98 Å². The summed E-state index contributed by atoms with van der Waals surface area (Å²) in [5.41, 5.74) is 1.48. The van der Waals surface area contributed by atoms with Gasteiger partial charge in [-0.3, -0.25) is 9.48 Å². The van der Waals surface area contributed by atoms with Gasteiger partial charge in [0.15, 0.2) is 0 Å². The number of hydrogen-bond donors (Lipinski definition) is 1. The first-order valence-electron chi connectivity index (χ1n) is 6.03. The molecule has 1 N–H and O–H groups in total. The maximum Gasteiger partial charge on any atom is 0.254 e. The van der Waals surface area contributed by atoms with Crippen molar-refractivity contribution >= 4 is 5.91 Å². The Morgan fingerprint density at radius 1 is 1.53 bits per heavy atom. The molecule has 2 aromatic rings. The van der Waals surface area contributed by atoms with Crippen molar-refractivity contribution in [1.82, 2.24) is 20.1 Å². The Hall–Kier alpha value is -2.37. The number of nitrogens with one attached hydrogen (secondary N) is 1. The van der Waals surface area contributed by atoms with Gasteiger partial charge in [-0.15, -0.1) is 0 Å². The second-order valence-electron chi connectivity index (χ2n) is 4.02. The van der Waals surface area contributed by atoms with Crippen molar-refractivity contribution in [3.8, 4) is 5.88 Å². The fourth-order valence-electron chi connectivity index (χ4n) is 1.61. The third-order valence-electron chi connectivity index (χ3n) is 2.51. The van der Waals surface area contributed by atoms with Crippen LogP contribution in [0.2, 0.25) is 0 Å². The Bertz CT molecular complexity index is 565. The van der Waals surface area contributed by atoms with Crippen LogP contribution < -0.4 is 10.1 Å². The SMILES string of the molecule is CCOc1cc(CNC(=O)c2cnn(C)c2)ccn1. The van der Waals surface area contributed by atoms with Gasteiger partial charge in [0, 0.05) is 32.1 Å². The van der Waals surface area contributed by atoms with E-state index in [0.29, 0.717) is 24.6 Å². The van der Waals surface area contributed by atoms with Crippen molar-refractivity contribution in [2.75, 3.05) is 6.61 Å². The van der Waals surface area contributed by atoms with Gasteiger partial charge in [0.1, 0.15) is 0 Å². The fraction of sp³-hybridized carbons (Fsp3) is 0.308. The molecule has 0 unspecified atom stereocenters. The lowest BCUT2D eigenvalue weighted by Gasteiger charge is -2.06. The van der Waals surface area contributed by atoms with E-state index in [9.17, 15) is 4.79 Å². The Labute approximate surface area is 111 Å². The summed E-state index contributed by atoms with van der Waals surface area (Å²) in [5, 5.41) is 6.78. The summed E-state index contributed by atoms with van der Waals surface area (Å²) in [7, 11) is 1.77. The number of rotatable bonds is 5. The second-order valence-corrected chi connectivity index (χ2v) is 4.02. The second kappa shape index (κ2) is 5.99. The maximum absolute atomic E-state index is 11.8. The largest absolute Gasteiger partial charge is 0.478 e. The minimum absolute atomic E-state index is 0.150. The highest BCUT2D eigenvalue weighted by Crippen LogP contribution is 2.09. The van der Waals surface area contributed by atoms with E-state index in [1.165, 1.54) is 6.20 Å². The number of amides is 1. The van der Waals surface area contributed by atoms with Crippen LogP contribution in [0.5, 0.6) is 5.88 Å². The summed E-state index contributed by atoms with van der Waals surface area (Å²) < 4.78 is 6.90. The molecule has 0 radical (unpaired) electrons. The van der Waals surface area contributed by atoms with Gasteiger partial charge < -0.3 is 10.1 Å². The first-order valence-corrected chi connectivity index (χ1v) is 6.03. The number of carbonyl (C=O) groups is 1. The number of aromatic nitrogens is 3. The number of ether oxygens (including phenoxy) is 1. The summed E-state index contributed by atoms with van der Waals surface area (Å²) >= 11 is 0. The van der Waals surface area contributed by atoms with Crippen molar-refractivity contribution in [1.29, 1.82) is 0 Å². The zero-order chi connectivity index (χ0) is 13.7. The molecule has 0 aromatic carbocycles. The Kier molecular flexibility index (Phi) is 4.12. The van der Waals surface area contributed by atoms with Crippen LogP contribution in [0.15, 0.2) is 30.7 Å². The molecular formula is C13H16N4O2. The highest BCUT2D eigenvalue weighted by atomic mass is 16.5. The molecule has 100 valence electrons. The predicted octanol–water partition coefficient (Wildman–Crippen LogP) is 1.14. The summed E-state index contributed by atoms with van der Waals surface area (Å²) in [4.78, 5) is 15.9. The van der Waals surface area contributed by atoms with Gasteiger partial charge >= 0.3 is 0 Å². The predicted molar refractivity (Wildman–Crippen MR) is 69.8 cm³/mol. The van der Waals surface area contributed by atoms with Gasteiger partial charge in [0.2, 0.25) is 5.88 Å². The van der Waals surface area contributed by atoms with Gasteiger partial charge in [0.25, 0.3) is 5.91 Å². The molecule has 2 aromatic heterocycles. The van der Waals surface area contributed by atoms with Crippen molar-refractivity contribution < 1.29 is 9.53 Å². The van der Waals surface area contributed by atoms with E-state index >= 15 is 0 Å². The molecule has 0 fully saturated rings. The van der Waals surface area contributed by atoms with Crippen LogP contribution in [-0.2, 0) is 13.6 Å². The smallest absolute Gasteiger partial charge is 0.254 e. The number of pyridine rings is 1. The summed E-state index contributed by atoms with van der Waals surface area (Å²) in [6.45, 7) is 2.90. The van der Waals surface area contributed by atoms with Crippen LogP contribution in [0.4, 0.5) is 0 Å². The van der Waals surface area contributed by atoms with Crippen LogP contribution in [0.3, 0.4) is 0 Å². The minimum Gasteiger partial charge on any atom is -0.478 e. The highest BCUT2D eigenvalue weighted by Gasteiger charge is 2.07. The monoisotopic (exact) mass is 260 g/mol. The molecule has 2 rings (SSSR count). The first-order chi connectivity index (χ1) is 9.19. The van der Waals surface area contributed by atoms with Crippen molar-refractivity contribution in [3.63, 3.8) is 0 Å². The van der Waals surface area contributed by atoms with Crippen molar-refractivity contribution in [3.05, 3.63) is 41.9 Å². The molecule has 0 atom stereocenters. The molecule has 6 nitrogen and oxygen atoms in total. The van der Waals surface area contributed by atoms with Crippen LogP contribution in [0.1, 0.15) is 22.8 Å². The lowest BCUT2D eigenvalue weighted by Crippen LogP contribution is -2.22. The fourth-order valence-corrected chi connectivity index (χ4v) is 1.61. The van der Waals surface area contributed by atoms with E-state index in [1.807, 2.05) is 19.1 Å². The molecule has 0 spiro atoms. The lowest BCUT2D eigenvalue weighted by molar-refractivity contribution is 0.0950. The van der Waals surface area contributed by atoms with E-state index < -0.39 is 0 Å². The Morgan fingerprint density at radius 3 is 3.05 bits per heavy atom. The standard InChI is InChI=1S/C13H16N4O2/c1-3-19-12-6-10(4-5-14-12)7-15-13(18)11-8-16-17(2)9-11/h4-6,8-9H,3,7H2,1-2H3,(H,15,18). The molecule has 19 heavy (non-hydrogen) atoms. The summed E-state index contributed by atoms with van der Waals surface area (Å²) in [6.07, 6.45) is 4.87. The van der Waals surface area contributed by atoms with Crippen LogP contribution >= 0.6 is 0 Å². The number of nitrogens with zero attached hydrogens (tertiary/aromatic N) is 3. The van der Waals surface area contributed by atoms with Crippen LogP contribution in [-0.4, -0.2) is 27.3 Å². The zero-order valence-electron chi connectivity index (χ0n) is 11.0. The quantitative estimate of drug-likeness (QED) is 0.875. The first kappa shape index (κ1) is 13.1. The topological polar surface area (TPSA) is 69.0 Å². The van der Waals surface area contributed by atoms with Gasteiger partial charge in [-0.2, -0.15) is 5.10 Å². The molecule has 0 aliphatic carbocycles. The molecular weight excluding hydrogens is 244 g/mol. The van der Waals surface area contributed by atoms with E-state index in [4.69, 9.17) is 4.74 Å². The summed E-state index contributed by atoms with van der Waals surface area (Å²) in [5.74, 6) is 0.415. The molecule has 0 aliphatic heterocycles. The van der Waals surface area contributed by atoms with Gasteiger partial charge in [-0.1, -0.05) is 0 Å². The van der Waals surface area contributed by atoms with E-state index in [1.54, 1.807) is 24.1 Å². The molecule has 0 bridgehead atoms. The number of carbonyl (C=O) groups excluding carboxylic acids is 1. The number of aryl methyl sites for hydroxylation is 1. The third kappa shape index (κ3) is 3.54. The normalized spacial score (nSPS) is 10.2. The van der Waals surface area contributed by atoms with Gasteiger partial charge in [0.05, 0.1) is 18.4 Å². The molecule has 1 amide bonds. The Balaban J connectivity index is 1.95. The molecule has 0 saturated carbocycles. The molecule has 0 aliphatic rings. The van der Waals surface area contributed by atoms with Crippen molar-refractivity contribution in [2.45, 2.75) is 13.5 Å². The van der Waals surface area contributed by atoms with Crippen LogP contribution in [0.25, 0.3) is 0 Å². The maximum atomic E-state index is 11.8. The van der Waals surface area contributed by atoms with E-state index in [-0.39, 0.29) is 5.91 Å². The average Bonchev–Trinajstić information content (AvgIpc) is 2.84. The third-order valence-corrected chi connectivity index (χ3v) is 2.51. The number of hydrogen-bond acceptors (Lipinski definition) is 4. The van der Waals surface area contributed by atoms with Gasteiger partial charge in [-0.05, 0) is 18.6 Å². The van der Waals surface area contributed by atoms with Crippen molar-refractivity contribution in [2.24, 2.45) is 7.05 Å². The lowest BCUT2D eigenvalue weighted by atomic mass is 10.2.